The average Bonchev–Trinajstić information content (AvgIpc) is 2.36. The molecule has 1 atom stereocenters. The first-order chi connectivity index (χ1) is 10.0. The van der Waals surface area contributed by atoms with Crippen molar-refractivity contribution in [2.24, 2.45) is 5.92 Å². The van der Waals surface area contributed by atoms with Gasteiger partial charge in [0.05, 0.1) is 4.90 Å². The molecule has 0 aromatic heterocycles. The van der Waals surface area contributed by atoms with E-state index in [9.17, 15) is 18.0 Å². The minimum Gasteiger partial charge on any atom is -0.480 e. The van der Waals surface area contributed by atoms with Gasteiger partial charge < -0.3 is 10.4 Å². The van der Waals surface area contributed by atoms with E-state index >= 15 is 0 Å². The van der Waals surface area contributed by atoms with Crippen LogP contribution in [-0.4, -0.2) is 37.7 Å². The van der Waals surface area contributed by atoms with Crippen LogP contribution in [0.3, 0.4) is 0 Å². The minimum absolute atomic E-state index is 0.0656. The lowest BCUT2D eigenvalue weighted by molar-refractivity contribution is -0.139. The van der Waals surface area contributed by atoms with Crippen LogP contribution in [-0.2, 0) is 14.6 Å². The average molecular weight is 327 g/mol. The van der Waals surface area contributed by atoms with E-state index in [1.165, 1.54) is 18.2 Å². The van der Waals surface area contributed by atoms with Gasteiger partial charge in [-0.2, -0.15) is 0 Å². The molecule has 0 saturated carbocycles. The number of hydrogen-bond acceptors (Lipinski definition) is 4. The summed E-state index contributed by atoms with van der Waals surface area (Å²) in [7, 11) is -3.45. The maximum Gasteiger partial charge on any atom is 0.326 e. The Kier molecular flexibility index (Phi) is 5.71. The second-order valence-corrected chi connectivity index (χ2v) is 7.73. The van der Waals surface area contributed by atoms with Crippen LogP contribution in [0.2, 0.25) is 0 Å². The highest BCUT2D eigenvalue weighted by Gasteiger charge is 2.22. The van der Waals surface area contributed by atoms with Crippen molar-refractivity contribution in [2.45, 2.75) is 38.1 Å². The fourth-order valence-electron chi connectivity index (χ4n) is 2.08. The van der Waals surface area contributed by atoms with Gasteiger partial charge in [-0.05, 0) is 37.0 Å². The van der Waals surface area contributed by atoms with Crippen molar-refractivity contribution >= 4 is 21.7 Å². The van der Waals surface area contributed by atoms with Crippen LogP contribution in [0.4, 0.5) is 0 Å². The summed E-state index contributed by atoms with van der Waals surface area (Å²) < 4.78 is 23.4. The molecule has 1 amide bonds. The molecule has 1 aromatic carbocycles. The van der Waals surface area contributed by atoms with E-state index in [1.54, 1.807) is 6.92 Å². The molecular formula is C15H21NO5S. The van der Waals surface area contributed by atoms with Gasteiger partial charge in [0, 0.05) is 11.8 Å². The van der Waals surface area contributed by atoms with Crippen LogP contribution >= 0.6 is 0 Å². The van der Waals surface area contributed by atoms with Gasteiger partial charge in [-0.1, -0.05) is 19.9 Å². The van der Waals surface area contributed by atoms with E-state index < -0.39 is 27.8 Å². The molecule has 1 aromatic rings. The Morgan fingerprint density at radius 1 is 1.27 bits per heavy atom. The summed E-state index contributed by atoms with van der Waals surface area (Å²) in [5.74, 6) is -1.61. The predicted octanol–water partition coefficient (Wildman–Crippen LogP) is 1.63. The van der Waals surface area contributed by atoms with Crippen molar-refractivity contribution in [3.8, 4) is 0 Å². The highest BCUT2D eigenvalue weighted by molar-refractivity contribution is 7.90. The minimum atomic E-state index is -3.45. The predicted molar refractivity (Wildman–Crippen MR) is 82.6 cm³/mol. The highest BCUT2D eigenvalue weighted by atomic mass is 32.2. The normalized spacial score (nSPS) is 13.0. The van der Waals surface area contributed by atoms with Gasteiger partial charge in [-0.15, -0.1) is 0 Å². The number of benzene rings is 1. The zero-order valence-corrected chi connectivity index (χ0v) is 13.9. The summed E-state index contributed by atoms with van der Waals surface area (Å²) in [6, 6.07) is 3.28. The molecule has 22 heavy (non-hydrogen) atoms. The van der Waals surface area contributed by atoms with Crippen LogP contribution in [0.5, 0.6) is 0 Å². The molecule has 0 radical (unpaired) electrons. The maximum atomic E-state index is 12.2. The Morgan fingerprint density at radius 2 is 1.86 bits per heavy atom. The SMILES string of the molecule is Cc1ccc(C(=O)NC(CC(C)C)C(=O)O)cc1S(C)(=O)=O. The van der Waals surface area contributed by atoms with E-state index in [-0.39, 0.29) is 16.4 Å². The Morgan fingerprint density at radius 3 is 2.32 bits per heavy atom. The molecular weight excluding hydrogens is 306 g/mol. The molecule has 0 aliphatic rings. The van der Waals surface area contributed by atoms with Crippen molar-refractivity contribution in [3.63, 3.8) is 0 Å². The van der Waals surface area contributed by atoms with Gasteiger partial charge >= 0.3 is 5.97 Å². The largest absolute Gasteiger partial charge is 0.480 e. The van der Waals surface area contributed by atoms with E-state index in [1.807, 2.05) is 13.8 Å². The number of sulfone groups is 1. The number of carboxylic acid groups (broad SMARTS) is 1. The number of aliphatic carboxylic acids is 1. The Hall–Kier alpha value is -1.89. The second kappa shape index (κ2) is 6.91. The number of aryl methyl sites for hydroxylation is 1. The molecule has 0 bridgehead atoms. The van der Waals surface area contributed by atoms with Crippen molar-refractivity contribution in [2.75, 3.05) is 6.26 Å². The molecule has 1 unspecified atom stereocenters. The van der Waals surface area contributed by atoms with Gasteiger partial charge in [0.15, 0.2) is 9.84 Å². The summed E-state index contributed by atoms with van der Waals surface area (Å²) in [6.07, 6.45) is 1.36. The maximum absolute atomic E-state index is 12.2. The van der Waals surface area contributed by atoms with Crippen LogP contribution < -0.4 is 5.32 Å². The molecule has 6 nitrogen and oxygen atoms in total. The first kappa shape index (κ1) is 18.2. The Bertz CT molecular complexity index is 679. The number of carbonyl (C=O) groups excluding carboxylic acids is 1. The monoisotopic (exact) mass is 327 g/mol. The van der Waals surface area contributed by atoms with Crippen LogP contribution in [0.1, 0.15) is 36.2 Å². The Labute approximate surface area is 130 Å². The van der Waals surface area contributed by atoms with Crippen molar-refractivity contribution in [3.05, 3.63) is 29.3 Å². The molecule has 0 aliphatic heterocycles. The van der Waals surface area contributed by atoms with Crippen LogP contribution in [0, 0.1) is 12.8 Å². The summed E-state index contributed by atoms with van der Waals surface area (Å²) >= 11 is 0. The molecule has 0 fully saturated rings. The fourth-order valence-corrected chi connectivity index (χ4v) is 3.07. The Balaban J connectivity index is 3.06. The summed E-state index contributed by atoms with van der Waals surface area (Å²) in [5, 5.41) is 11.6. The first-order valence-electron chi connectivity index (χ1n) is 6.86. The number of carboxylic acids is 1. The van der Waals surface area contributed by atoms with Crippen LogP contribution in [0.25, 0.3) is 0 Å². The second-order valence-electron chi connectivity index (χ2n) is 5.75. The summed E-state index contributed by atoms with van der Waals surface area (Å²) in [5.41, 5.74) is 0.664. The summed E-state index contributed by atoms with van der Waals surface area (Å²) in [6.45, 7) is 5.35. The van der Waals surface area contributed by atoms with Crippen LogP contribution in [0.15, 0.2) is 23.1 Å². The quantitative estimate of drug-likeness (QED) is 0.827. The number of amides is 1. The molecule has 0 heterocycles. The molecule has 0 aliphatic carbocycles. The first-order valence-corrected chi connectivity index (χ1v) is 8.76. The topological polar surface area (TPSA) is 101 Å². The zero-order valence-electron chi connectivity index (χ0n) is 13.1. The molecule has 1 rings (SSSR count). The van der Waals surface area contributed by atoms with Gasteiger partial charge in [0.2, 0.25) is 0 Å². The third-order valence-electron chi connectivity index (χ3n) is 3.16. The lowest BCUT2D eigenvalue weighted by Crippen LogP contribution is -2.41. The summed E-state index contributed by atoms with van der Waals surface area (Å²) in [4.78, 5) is 23.4. The molecule has 0 saturated heterocycles. The molecule has 0 spiro atoms. The van der Waals surface area contributed by atoms with Crippen molar-refractivity contribution < 1.29 is 23.1 Å². The zero-order chi connectivity index (χ0) is 17.1. The molecule has 122 valence electrons. The van der Waals surface area contributed by atoms with E-state index in [0.717, 1.165) is 6.26 Å². The highest BCUT2D eigenvalue weighted by Crippen LogP contribution is 2.17. The fraction of sp³-hybridized carbons (Fsp3) is 0.467. The standard InChI is InChI=1S/C15H21NO5S/c1-9(2)7-12(15(18)19)16-14(17)11-6-5-10(3)13(8-11)22(4,20)21/h5-6,8-9,12H,7H2,1-4H3,(H,16,17)(H,18,19). The smallest absolute Gasteiger partial charge is 0.326 e. The number of carbonyl (C=O) groups is 2. The lowest BCUT2D eigenvalue weighted by Gasteiger charge is -2.17. The van der Waals surface area contributed by atoms with Crippen molar-refractivity contribution in [1.29, 1.82) is 0 Å². The lowest BCUT2D eigenvalue weighted by atomic mass is 10.0. The van der Waals surface area contributed by atoms with E-state index in [4.69, 9.17) is 5.11 Å². The number of hydrogen-bond donors (Lipinski definition) is 2. The third kappa shape index (κ3) is 4.84. The van der Waals surface area contributed by atoms with Gasteiger partial charge in [-0.3, -0.25) is 4.79 Å². The third-order valence-corrected chi connectivity index (χ3v) is 4.40. The van der Waals surface area contributed by atoms with E-state index in [2.05, 4.69) is 5.32 Å². The van der Waals surface area contributed by atoms with E-state index in [0.29, 0.717) is 12.0 Å². The van der Waals surface area contributed by atoms with Gasteiger partial charge in [0.1, 0.15) is 6.04 Å². The molecule has 7 heteroatoms. The number of nitrogens with one attached hydrogen (secondary N) is 1. The molecule has 2 N–H and O–H groups in total. The van der Waals surface area contributed by atoms with Crippen molar-refractivity contribution in [1.82, 2.24) is 5.32 Å². The van der Waals surface area contributed by atoms with Gasteiger partial charge in [-0.25, -0.2) is 13.2 Å². The van der Waals surface area contributed by atoms with Gasteiger partial charge in [0.25, 0.3) is 5.91 Å². The number of rotatable bonds is 6.